The van der Waals surface area contributed by atoms with Crippen molar-refractivity contribution >= 4 is 22.8 Å². The first-order valence-corrected chi connectivity index (χ1v) is 8.59. The van der Waals surface area contributed by atoms with Gasteiger partial charge in [0.2, 0.25) is 5.91 Å². The fourth-order valence-electron chi connectivity index (χ4n) is 3.47. The maximum absolute atomic E-state index is 12.9. The number of carboxylic acids is 1. The zero-order valence-electron chi connectivity index (χ0n) is 14.4. The molecule has 0 unspecified atom stereocenters. The van der Waals surface area contributed by atoms with Crippen LogP contribution in [0.1, 0.15) is 29.4 Å². The number of imidazole rings is 1. The molecule has 0 saturated carbocycles. The van der Waals surface area contributed by atoms with Crippen LogP contribution in [0.3, 0.4) is 0 Å². The van der Waals surface area contributed by atoms with Gasteiger partial charge < -0.3 is 19.4 Å². The summed E-state index contributed by atoms with van der Waals surface area (Å²) in [5.41, 5.74) is 4.18. The molecule has 7 heteroatoms. The number of aromatic nitrogens is 2. The number of rotatable bonds is 4. The molecule has 1 aromatic carbocycles. The summed E-state index contributed by atoms with van der Waals surface area (Å²) in [4.78, 5) is 33.1. The van der Waals surface area contributed by atoms with Crippen LogP contribution in [0.5, 0.6) is 0 Å². The molecule has 0 aliphatic carbocycles. The van der Waals surface area contributed by atoms with E-state index in [1.807, 2.05) is 18.2 Å². The van der Waals surface area contributed by atoms with Gasteiger partial charge in [-0.3, -0.25) is 4.79 Å². The van der Waals surface area contributed by atoms with Gasteiger partial charge >= 0.3 is 5.97 Å². The van der Waals surface area contributed by atoms with Crippen molar-refractivity contribution in [2.24, 2.45) is 0 Å². The van der Waals surface area contributed by atoms with Crippen molar-refractivity contribution in [2.75, 3.05) is 0 Å². The van der Waals surface area contributed by atoms with Crippen molar-refractivity contribution in [3.63, 3.8) is 0 Å². The summed E-state index contributed by atoms with van der Waals surface area (Å²) in [7, 11) is 0. The first-order chi connectivity index (χ1) is 12.6. The molecule has 0 bridgehead atoms. The molecule has 3 aromatic rings. The van der Waals surface area contributed by atoms with Crippen LogP contribution >= 0.6 is 0 Å². The monoisotopic (exact) mass is 353 g/mol. The number of carbonyl (C=O) groups excluding carboxylic acids is 1. The average molecular weight is 353 g/mol. The molecule has 0 spiro atoms. The molecule has 134 valence electrons. The molecule has 2 N–H and O–H groups in total. The lowest BCUT2D eigenvalue weighted by Gasteiger charge is -2.32. The molecular weight excluding hydrogens is 334 g/mol. The van der Waals surface area contributed by atoms with Gasteiger partial charge in [-0.25, -0.2) is 9.78 Å². The molecule has 1 atom stereocenters. The number of carbonyl (C=O) groups is 2. The first kappa shape index (κ1) is 16.4. The number of hydrogen-bond acceptors (Lipinski definition) is 4. The number of fused-ring (bicyclic) bond motifs is 2. The molecule has 0 saturated heterocycles. The summed E-state index contributed by atoms with van der Waals surface area (Å²) < 4.78 is 5.55. The molecule has 7 nitrogen and oxygen atoms in total. The van der Waals surface area contributed by atoms with Crippen LogP contribution in [0, 0.1) is 0 Å². The highest BCUT2D eigenvalue weighted by Crippen LogP contribution is 2.26. The summed E-state index contributed by atoms with van der Waals surface area (Å²) in [5, 5.41) is 10.4. The fraction of sp³-hybridized carbons (Fsp3) is 0.316. The zero-order chi connectivity index (χ0) is 18.3. The largest absolute Gasteiger partial charge is 0.480 e. The van der Waals surface area contributed by atoms with Crippen molar-refractivity contribution in [3.8, 4) is 0 Å². The summed E-state index contributed by atoms with van der Waals surface area (Å²) in [6, 6.07) is 5.03. The van der Waals surface area contributed by atoms with Crippen molar-refractivity contribution in [1.82, 2.24) is 14.9 Å². The minimum atomic E-state index is -1.02. The molecule has 26 heavy (non-hydrogen) atoms. The van der Waals surface area contributed by atoms with Crippen LogP contribution in [0.2, 0.25) is 0 Å². The van der Waals surface area contributed by atoms with Crippen LogP contribution in [-0.2, 0) is 35.4 Å². The number of furan rings is 1. The average Bonchev–Trinajstić information content (AvgIpc) is 3.26. The molecule has 2 aromatic heterocycles. The van der Waals surface area contributed by atoms with Gasteiger partial charge in [-0.15, -0.1) is 0 Å². The number of amides is 1. The highest BCUT2D eigenvalue weighted by molar-refractivity contribution is 5.90. The van der Waals surface area contributed by atoms with E-state index < -0.39 is 12.0 Å². The van der Waals surface area contributed by atoms with Crippen molar-refractivity contribution < 1.29 is 19.1 Å². The zero-order valence-corrected chi connectivity index (χ0v) is 14.4. The van der Waals surface area contributed by atoms with Crippen molar-refractivity contribution in [2.45, 2.75) is 38.8 Å². The topological polar surface area (TPSA) is 99.4 Å². The number of H-pyrrole nitrogens is 1. The quantitative estimate of drug-likeness (QED) is 0.750. The summed E-state index contributed by atoms with van der Waals surface area (Å²) in [6.45, 7) is 2.29. The van der Waals surface area contributed by atoms with E-state index in [1.54, 1.807) is 6.26 Å². The summed E-state index contributed by atoms with van der Waals surface area (Å²) in [6.07, 6.45) is 4.33. The molecule has 0 fully saturated rings. The van der Waals surface area contributed by atoms with Gasteiger partial charge in [0.15, 0.2) is 0 Å². The smallest absolute Gasteiger partial charge is 0.326 e. The van der Waals surface area contributed by atoms with Crippen molar-refractivity contribution in [1.29, 1.82) is 0 Å². The van der Waals surface area contributed by atoms with Gasteiger partial charge in [0, 0.05) is 17.4 Å². The molecular formula is C19H19N3O4. The molecule has 0 radical (unpaired) electrons. The van der Waals surface area contributed by atoms with E-state index in [0.717, 1.165) is 34.2 Å². The van der Waals surface area contributed by atoms with E-state index in [0.29, 0.717) is 5.69 Å². The number of aryl methyl sites for hydroxylation is 1. The second kappa shape index (κ2) is 6.33. The van der Waals surface area contributed by atoms with Gasteiger partial charge in [0.05, 0.1) is 36.9 Å². The second-order valence-electron chi connectivity index (χ2n) is 6.53. The predicted molar refractivity (Wildman–Crippen MR) is 93.6 cm³/mol. The lowest BCUT2D eigenvalue weighted by Crippen LogP contribution is -2.49. The second-order valence-corrected chi connectivity index (χ2v) is 6.53. The highest BCUT2D eigenvalue weighted by atomic mass is 16.4. The van der Waals surface area contributed by atoms with Gasteiger partial charge in [-0.05, 0) is 24.1 Å². The Morgan fingerprint density at radius 2 is 2.27 bits per heavy atom. The lowest BCUT2D eigenvalue weighted by atomic mass is 10.0. The summed E-state index contributed by atoms with van der Waals surface area (Å²) in [5.74, 6) is -1.25. The molecule has 1 aliphatic rings. The Kier molecular flexibility index (Phi) is 3.99. The lowest BCUT2D eigenvalue weighted by molar-refractivity contribution is -0.151. The van der Waals surface area contributed by atoms with Crippen LogP contribution < -0.4 is 0 Å². The number of aromatic amines is 1. The normalized spacial score (nSPS) is 16.7. The third-order valence-electron chi connectivity index (χ3n) is 4.97. The molecule has 3 heterocycles. The Bertz CT molecular complexity index is 988. The van der Waals surface area contributed by atoms with E-state index in [4.69, 9.17) is 4.42 Å². The third kappa shape index (κ3) is 2.75. The number of aliphatic carboxylic acids is 1. The molecule has 1 aliphatic heterocycles. The Labute approximate surface area is 149 Å². The maximum Gasteiger partial charge on any atom is 0.326 e. The molecule has 1 amide bonds. The Morgan fingerprint density at radius 3 is 3.04 bits per heavy atom. The number of carboxylic acid groups (broad SMARTS) is 1. The van der Waals surface area contributed by atoms with E-state index in [9.17, 15) is 14.7 Å². The Morgan fingerprint density at radius 1 is 1.42 bits per heavy atom. The van der Waals surface area contributed by atoms with Crippen LogP contribution in [-0.4, -0.2) is 37.9 Å². The van der Waals surface area contributed by atoms with E-state index in [-0.39, 0.29) is 25.3 Å². The minimum Gasteiger partial charge on any atom is -0.480 e. The minimum absolute atomic E-state index is 0.105. The first-order valence-electron chi connectivity index (χ1n) is 8.59. The number of benzene rings is 1. The number of nitrogens with one attached hydrogen (secondary N) is 1. The van der Waals surface area contributed by atoms with Crippen molar-refractivity contribution in [3.05, 3.63) is 53.3 Å². The van der Waals surface area contributed by atoms with Gasteiger partial charge in [-0.1, -0.05) is 13.0 Å². The van der Waals surface area contributed by atoms with E-state index >= 15 is 0 Å². The van der Waals surface area contributed by atoms with Gasteiger partial charge in [-0.2, -0.15) is 0 Å². The Balaban J connectivity index is 1.62. The van der Waals surface area contributed by atoms with E-state index in [2.05, 4.69) is 16.9 Å². The van der Waals surface area contributed by atoms with Crippen LogP contribution in [0.4, 0.5) is 0 Å². The maximum atomic E-state index is 12.9. The predicted octanol–water partition coefficient (Wildman–Crippen LogP) is 2.30. The number of nitrogens with zero attached hydrogens (tertiary/aromatic N) is 2. The summed E-state index contributed by atoms with van der Waals surface area (Å²) >= 11 is 0. The number of hydrogen-bond donors (Lipinski definition) is 2. The van der Waals surface area contributed by atoms with Gasteiger partial charge in [0.1, 0.15) is 11.6 Å². The highest BCUT2D eigenvalue weighted by Gasteiger charge is 2.36. The van der Waals surface area contributed by atoms with Crippen LogP contribution in [0.15, 0.2) is 35.2 Å². The van der Waals surface area contributed by atoms with Crippen LogP contribution in [0.25, 0.3) is 11.0 Å². The third-order valence-corrected chi connectivity index (χ3v) is 4.97. The fourth-order valence-corrected chi connectivity index (χ4v) is 3.47. The SMILES string of the molecule is CCc1ccc2occ(CC(=O)N3Cc4[nH]cnc4C[C@@H]3C(=O)O)c2c1. The van der Waals surface area contributed by atoms with Gasteiger partial charge in [0.25, 0.3) is 0 Å². The van der Waals surface area contributed by atoms with E-state index in [1.165, 1.54) is 11.2 Å². The molecule has 4 rings (SSSR count). The Hall–Kier alpha value is -3.09. The standard InChI is InChI=1S/C19H19N3O4/c1-2-11-3-4-17-13(5-11)12(9-26-17)6-18(23)22-8-15-14(20-10-21-15)7-16(22)19(24)25/h3-5,9-10,16H,2,6-8H2,1H3,(H,20,21)(H,24,25)/t16-/m1/s1.